The Labute approximate surface area is 165 Å². The summed E-state index contributed by atoms with van der Waals surface area (Å²) in [5.74, 6) is 0.665. The normalized spacial score (nSPS) is 15.4. The van der Waals surface area contributed by atoms with Crippen molar-refractivity contribution in [2.75, 3.05) is 38.1 Å². The van der Waals surface area contributed by atoms with Gasteiger partial charge in [0, 0.05) is 31.9 Å². The number of piperazine rings is 1. The van der Waals surface area contributed by atoms with Crippen LogP contribution in [0.3, 0.4) is 0 Å². The van der Waals surface area contributed by atoms with Crippen molar-refractivity contribution in [3.63, 3.8) is 0 Å². The molecule has 27 heavy (non-hydrogen) atoms. The summed E-state index contributed by atoms with van der Waals surface area (Å²) in [6, 6.07) is 16.3. The van der Waals surface area contributed by atoms with Crippen LogP contribution in [0.5, 0.6) is 5.75 Å². The van der Waals surface area contributed by atoms with Gasteiger partial charge in [0.1, 0.15) is 5.75 Å². The smallest absolute Gasteiger partial charge is 0.243 e. The fourth-order valence-electron chi connectivity index (χ4n) is 2.88. The Balaban J connectivity index is 1.60. The average Bonchev–Trinajstić information content (AvgIpc) is 2.69. The second-order valence-corrected chi connectivity index (χ2v) is 8.42. The Morgan fingerprint density at radius 3 is 2.26 bits per heavy atom. The largest absolute Gasteiger partial charge is 0.494 e. The molecule has 1 heterocycles. The van der Waals surface area contributed by atoms with E-state index in [1.165, 1.54) is 4.31 Å². The van der Waals surface area contributed by atoms with Gasteiger partial charge in [0.05, 0.1) is 11.5 Å². The number of sulfonamides is 1. The molecule has 1 aliphatic rings. The molecular formula is C19H23N3O3S2. The molecule has 0 saturated carbocycles. The number of nitrogens with zero attached hydrogens (tertiary/aromatic N) is 2. The number of hydrogen-bond acceptors (Lipinski definition) is 4. The number of benzene rings is 2. The molecule has 1 fully saturated rings. The molecular weight excluding hydrogens is 382 g/mol. The number of rotatable bonds is 5. The molecule has 2 aromatic carbocycles. The third-order valence-electron chi connectivity index (χ3n) is 4.32. The first kappa shape index (κ1) is 19.6. The molecule has 0 aromatic heterocycles. The van der Waals surface area contributed by atoms with E-state index < -0.39 is 10.0 Å². The van der Waals surface area contributed by atoms with Gasteiger partial charge in [-0.05, 0) is 55.5 Å². The van der Waals surface area contributed by atoms with Gasteiger partial charge >= 0.3 is 0 Å². The maximum absolute atomic E-state index is 12.8. The van der Waals surface area contributed by atoms with Crippen LogP contribution in [0.25, 0.3) is 0 Å². The van der Waals surface area contributed by atoms with Gasteiger partial charge in [0.2, 0.25) is 10.0 Å². The Hall–Kier alpha value is -2.16. The standard InChI is InChI=1S/C19H23N3O3S2/c1-2-25-17-8-10-18(11-9-17)27(23,24)22-14-12-21(13-15-22)19(26)20-16-6-4-3-5-7-16/h3-11H,2,12-15H2,1H3,(H,20,26). The third-order valence-corrected chi connectivity index (χ3v) is 6.60. The fraction of sp³-hybridized carbons (Fsp3) is 0.316. The van der Waals surface area contributed by atoms with E-state index in [2.05, 4.69) is 5.32 Å². The lowest BCUT2D eigenvalue weighted by atomic mass is 10.3. The Bertz CT molecular complexity index is 863. The number of anilines is 1. The van der Waals surface area contributed by atoms with E-state index in [9.17, 15) is 8.42 Å². The topological polar surface area (TPSA) is 61.9 Å². The van der Waals surface area contributed by atoms with Crippen LogP contribution in [0.2, 0.25) is 0 Å². The van der Waals surface area contributed by atoms with Crippen LogP contribution in [0.15, 0.2) is 59.5 Å². The van der Waals surface area contributed by atoms with E-state index in [4.69, 9.17) is 17.0 Å². The molecule has 6 nitrogen and oxygen atoms in total. The van der Waals surface area contributed by atoms with Gasteiger partial charge in [0.15, 0.2) is 5.11 Å². The summed E-state index contributed by atoms with van der Waals surface area (Å²) in [5, 5.41) is 3.80. The molecule has 0 radical (unpaired) electrons. The van der Waals surface area contributed by atoms with Gasteiger partial charge in [0.25, 0.3) is 0 Å². The average molecular weight is 406 g/mol. The zero-order valence-corrected chi connectivity index (χ0v) is 16.8. The minimum absolute atomic E-state index is 0.282. The number of para-hydroxylation sites is 1. The highest BCUT2D eigenvalue weighted by Crippen LogP contribution is 2.21. The van der Waals surface area contributed by atoms with E-state index in [1.807, 2.05) is 42.2 Å². The lowest BCUT2D eigenvalue weighted by molar-refractivity contribution is 0.268. The van der Waals surface area contributed by atoms with E-state index in [0.717, 1.165) is 5.69 Å². The van der Waals surface area contributed by atoms with E-state index in [1.54, 1.807) is 24.3 Å². The van der Waals surface area contributed by atoms with Crippen molar-refractivity contribution < 1.29 is 13.2 Å². The molecule has 3 rings (SSSR count). The van der Waals surface area contributed by atoms with Crippen molar-refractivity contribution in [1.29, 1.82) is 0 Å². The zero-order valence-electron chi connectivity index (χ0n) is 15.2. The van der Waals surface area contributed by atoms with Crippen molar-refractivity contribution in [1.82, 2.24) is 9.21 Å². The summed E-state index contributed by atoms with van der Waals surface area (Å²) in [6.45, 7) is 4.33. The van der Waals surface area contributed by atoms with E-state index in [-0.39, 0.29) is 4.90 Å². The molecule has 0 aliphatic carbocycles. The fourth-order valence-corrected chi connectivity index (χ4v) is 4.60. The van der Waals surface area contributed by atoms with Crippen LogP contribution in [-0.2, 0) is 10.0 Å². The van der Waals surface area contributed by atoms with Gasteiger partial charge in [-0.15, -0.1) is 0 Å². The zero-order chi connectivity index (χ0) is 19.3. The summed E-state index contributed by atoms with van der Waals surface area (Å²) >= 11 is 5.45. The van der Waals surface area contributed by atoms with Crippen molar-refractivity contribution in [2.45, 2.75) is 11.8 Å². The second-order valence-electron chi connectivity index (χ2n) is 6.09. The first-order chi connectivity index (χ1) is 13.0. The molecule has 1 aliphatic heterocycles. The maximum atomic E-state index is 12.8. The lowest BCUT2D eigenvalue weighted by Gasteiger charge is -2.35. The Kier molecular flexibility index (Phi) is 6.30. The van der Waals surface area contributed by atoms with Gasteiger partial charge < -0.3 is 15.0 Å². The first-order valence-corrected chi connectivity index (χ1v) is 10.7. The van der Waals surface area contributed by atoms with Crippen LogP contribution in [0, 0.1) is 0 Å². The monoisotopic (exact) mass is 405 g/mol. The summed E-state index contributed by atoms with van der Waals surface area (Å²) in [7, 11) is -3.51. The number of thiocarbonyl (C=S) groups is 1. The molecule has 0 bridgehead atoms. The highest BCUT2D eigenvalue weighted by Gasteiger charge is 2.29. The highest BCUT2D eigenvalue weighted by molar-refractivity contribution is 7.89. The molecule has 1 N–H and O–H groups in total. The third kappa shape index (κ3) is 4.77. The van der Waals surface area contributed by atoms with Crippen molar-refractivity contribution in [3.8, 4) is 5.75 Å². The van der Waals surface area contributed by atoms with Crippen molar-refractivity contribution >= 4 is 33.0 Å². The van der Waals surface area contributed by atoms with E-state index in [0.29, 0.717) is 43.6 Å². The molecule has 144 valence electrons. The van der Waals surface area contributed by atoms with Crippen LogP contribution in [0.1, 0.15) is 6.92 Å². The SMILES string of the molecule is CCOc1ccc(S(=O)(=O)N2CCN(C(=S)Nc3ccccc3)CC2)cc1. The summed E-state index contributed by atoms with van der Waals surface area (Å²) in [6.07, 6.45) is 0. The molecule has 2 aromatic rings. The summed E-state index contributed by atoms with van der Waals surface area (Å²) in [4.78, 5) is 2.27. The molecule has 1 saturated heterocycles. The molecule has 0 atom stereocenters. The van der Waals surface area contributed by atoms with Gasteiger partial charge in [-0.25, -0.2) is 8.42 Å². The minimum atomic E-state index is -3.51. The van der Waals surface area contributed by atoms with Crippen molar-refractivity contribution in [3.05, 3.63) is 54.6 Å². The molecule has 0 unspecified atom stereocenters. The highest BCUT2D eigenvalue weighted by atomic mass is 32.2. The second kappa shape index (κ2) is 8.69. The number of hydrogen-bond donors (Lipinski definition) is 1. The van der Waals surface area contributed by atoms with Crippen LogP contribution in [-0.4, -0.2) is 55.5 Å². The molecule has 0 spiro atoms. The lowest BCUT2D eigenvalue weighted by Crippen LogP contribution is -2.51. The van der Waals surface area contributed by atoms with E-state index >= 15 is 0 Å². The predicted octanol–water partition coefficient (Wildman–Crippen LogP) is 2.79. The summed E-state index contributed by atoms with van der Waals surface area (Å²) in [5.41, 5.74) is 0.923. The van der Waals surface area contributed by atoms with Crippen LogP contribution in [0.4, 0.5) is 5.69 Å². The van der Waals surface area contributed by atoms with Gasteiger partial charge in [-0.2, -0.15) is 4.31 Å². The van der Waals surface area contributed by atoms with Gasteiger partial charge in [-0.1, -0.05) is 18.2 Å². The Morgan fingerprint density at radius 2 is 1.67 bits per heavy atom. The van der Waals surface area contributed by atoms with Crippen molar-refractivity contribution in [2.24, 2.45) is 0 Å². The number of nitrogens with one attached hydrogen (secondary N) is 1. The first-order valence-electron chi connectivity index (χ1n) is 8.84. The molecule has 8 heteroatoms. The van der Waals surface area contributed by atoms with Gasteiger partial charge in [-0.3, -0.25) is 0 Å². The summed E-state index contributed by atoms with van der Waals surface area (Å²) < 4.78 is 32.6. The van der Waals surface area contributed by atoms with Crippen LogP contribution < -0.4 is 10.1 Å². The quantitative estimate of drug-likeness (QED) is 0.772. The maximum Gasteiger partial charge on any atom is 0.243 e. The molecule has 0 amide bonds. The minimum Gasteiger partial charge on any atom is -0.494 e. The predicted molar refractivity (Wildman–Crippen MR) is 111 cm³/mol. The van der Waals surface area contributed by atoms with Crippen LogP contribution >= 0.6 is 12.2 Å². The Morgan fingerprint density at radius 1 is 1.04 bits per heavy atom. The number of ether oxygens (including phenoxy) is 1.